The molecule has 0 aliphatic carbocycles. The molecule has 4 N–H and O–H groups in total. The highest BCUT2D eigenvalue weighted by Crippen LogP contribution is 2.10. The van der Waals surface area contributed by atoms with Crippen LogP contribution in [0.15, 0.2) is 0 Å². The molecule has 1 fully saturated rings. The van der Waals surface area contributed by atoms with Gasteiger partial charge in [0.05, 0.1) is 19.3 Å². The molecule has 2 unspecified atom stereocenters. The normalized spacial score (nSPS) is 22.9. The van der Waals surface area contributed by atoms with Gasteiger partial charge in [-0.2, -0.15) is 0 Å². The van der Waals surface area contributed by atoms with Crippen molar-refractivity contribution in [2.45, 2.75) is 31.8 Å². The van der Waals surface area contributed by atoms with E-state index in [-0.39, 0.29) is 12.5 Å². The van der Waals surface area contributed by atoms with Crippen LogP contribution in [-0.2, 0) is 14.3 Å². The van der Waals surface area contributed by atoms with Crippen molar-refractivity contribution >= 4 is 11.8 Å². The lowest BCUT2D eigenvalue weighted by molar-refractivity contribution is -0.148. The molecule has 92 valence electrons. The minimum absolute atomic E-state index is 0.167. The Morgan fingerprint density at radius 3 is 2.81 bits per heavy atom. The van der Waals surface area contributed by atoms with Crippen LogP contribution >= 0.6 is 0 Å². The number of hydrogen-bond acceptors (Lipinski definition) is 4. The molecule has 1 aliphatic heterocycles. The Balaban J connectivity index is 2.67. The van der Waals surface area contributed by atoms with Crippen LogP contribution in [0.1, 0.15) is 19.8 Å². The lowest BCUT2D eigenvalue weighted by Crippen LogP contribution is -2.58. The summed E-state index contributed by atoms with van der Waals surface area (Å²) in [5, 5.41) is 0. The summed E-state index contributed by atoms with van der Waals surface area (Å²) in [6, 6.07) is -1.23. The third kappa shape index (κ3) is 2.93. The fourth-order valence-corrected chi connectivity index (χ4v) is 1.75. The van der Waals surface area contributed by atoms with Crippen molar-refractivity contribution in [2.24, 2.45) is 11.5 Å². The van der Waals surface area contributed by atoms with E-state index in [0.717, 1.165) is 6.42 Å². The summed E-state index contributed by atoms with van der Waals surface area (Å²) in [6.45, 7) is 2.93. The quantitative estimate of drug-likeness (QED) is 0.634. The van der Waals surface area contributed by atoms with Crippen molar-refractivity contribution in [1.29, 1.82) is 0 Å². The Labute approximate surface area is 94.9 Å². The molecular weight excluding hydrogens is 210 g/mol. The SMILES string of the molecule is CCCC(N)C(=O)N1CCOCC1C(N)=O. The zero-order valence-electron chi connectivity index (χ0n) is 9.52. The highest BCUT2D eigenvalue weighted by Gasteiger charge is 2.33. The van der Waals surface area contributed by atoms with E-state index in [0.29, 0.717) is 19.6 Å². The van der Waals surface area contributed by atoms with E-state index >= 15 is 0 Å². The van der Waals surface area contributed by atoms with Gasteiger partial charge in [-0.1, -0.05) is 13.3 Å². The van der Waals surface area contributed by atoms with Gasteiger partial charge in [0.2, 0.25) is 11.8 Å². The summed E-state index contributed by atoms with van der Waals surface area (Å²) in [5.74, 6) is -0.759. The van der Waals surface area contributed by atoms with Crippen LogP contribution < -0.4 is 11.5 Å². The van der Waals surface area contributed by atoms with Gasteiger partial charge in [-0.05, 0) is 6.42 Å². The van der Waals surface area contributed by atoms with Crippen molar-refractivity contribution in [3.05, 3.63) is 0 Å². The van der Waals surface area contributed by atoms with E-state index in [9.17, 15) is 9.59 Å². The van der Waals surface area contributed by atoms with Crippen LogP contribution in [-0.4, -0.2) is 48.6 Å². The number of hydrogen-bond donors (Lipinski definition) is 2. The standard InChI is InChI=1S/C10H19N3O3/c1-2-3-7(11)10(15)13-4-5-16-6-8(13)9(12)14/h7-8H,2-6,11H2,1H3,(H2,12,14). The van der Waals surface area contributed by atoms with Crippen LogP contribution in [0.4, 0.5) is 0 Å². The summed E-state index contributed by atoms with van der Waals surface area (Å²) in [5.41, 5.74) is 11.0. The van der Waals surface area contributed by atoms with E-state index in [2.05, 4.69) is 0 Å². The first kappa shape index (κ1) is 12.9. The summed E-state index contributed by atoms with van der Waals surface area (Å²) in [4.78, 5) is 24.5. The Morgan fingerprint density at radius 1 is 1.56 bits per heavy atom. The molecule has 0 radical (unpaired) electrons. The van der Waals surface area contributed by atoms with Crippen LogP contribution in [0, 0.1) is 0 Å². The monoisotopic (exact) mass is 229 g/mol. The van der Waals surface area contributed by atoms with Crippen LogP contribution in [0.25, 0.3) is 0 Å². The number of carbonyl (C=O) groups excluding carboxylic acids is 2. The maximum atomic E-state index is 11.9. The van der Waals surface area contributed by atoms with Gasteiger partial charge >= 0.3 is 0 Å². The third-order valence-electron chi connectivity index (χ3n) is 2.66. The number of rotatable bonds is 4. The zero-order chi connectivity index (χ0) is 12.1. The Kier molecular flexibility index (Phi) is 4.70. The maximum Gasteiger partial charge on any atom is 0.242 e. The molecule has 6 nitrogen and oxygen atoms in total. The Morgan fingerprint density at radius 2 is 2.25 bits per heavy atom. The lowest BCUT2D eigenvalue weighted by atomic mass is 10.1. The molecule has 0 aromatic heterocycles. The van der Waals surface area contributed by atoms with Gasteiger partial charge in [0.1, 0.15) is 6.04 Å². The topological polar surface area (TPSA) is 98.7 Å². The number of amides is 2. The molecule has 0 aromatic carbocycles. The molecule has 1 aliphatic rings. The van der Waals surface area contributed by atoms with Crippen molar-refractivity contribution in [3.63, 3.8) is 0 Å². The molecular formula is C10H19N3O3. The molecule has 0 spiro atoms. The van der Waals surface area contributed by atoms with Gasteiger partial charge in [0, 0.05) is 6.54 Å². The maximum absolute atomic E-state index is 11.9. The Hall–Kier alpha value is -1.14. The second-order valence-corrected chi connectivity index (χ2v) is 3.92. The average molecular weight is 229 g/mol. The number of primary amides is 1. The molecule has 0 saturated carbocycles. The minimum Gasteiger partial charge on any atom is -0.377 e. The van der Waals surface area contributed by atoms with Gasteiger partial charge in [-0.15, -0.1) is 0 Å². The van der Waals surface area contributed by atoms with Crippen molar-refractivity contribution in [1.82, 2.24) is 4.90 Å². The van der Waals surface area contributed by atoms with E-state index < -0.39 is 18.0 Å². The van der Waals surface area contributed by atoms with Crippen molar-refractivity contribution in [3.8, 4) is 0 Å². The molecule has 16 heavy (non-hydrogen) atoms. The highest BCUT2D eigenvalue weighted by atomic mass is 16.5. The molecule has 1 rings (SSSR count). The highest BCUT2D eigenvalue weighted by molar-refractivity contribution is 5.89. The predicted molar refractivity (Wildman–Crippen MR) is 58.4 cm³/mol. The fraction of sp³-hybridized carbons (Fsp3) is 0.800. The average Bonchev–Trinajstić information content (AvgIpc) is 2.28. The number of nitrogens with zero attached hydrogens (tertiary/aromatic N) is 1. The van der Waals surface area contributed by atoms with Gasteiger partial charge in [0.25, 0.3) is 0 Å². The predicted octanol–water partition coefficient (Wildman–Crippen LogP) is -1.17. The van der Waals surface area contributed by atoms with Crippen LogP contribution in [0.3, 0.4) is 0 Å². The van der Waals surface area contributed by atoms with E-state index in [1.54, 1.807) is 0 Å². The van der Waals surface area contributed by atoms with Crippen molar-refractivity contribution in [2.75, 3.05) is 19.8 Å². The second-order valence-electron chi connectivity index (χ2n) is 3.92. The van der Waals surface area contributed by atoms with Gasteiger partial charge in [-0.25, -0.2) is 0 Å². The first-order chi connectivity index (χ1) is 7.57. The molecule has 2 atom stereocenters. The van der Waals surface area contributed by atoms with Crippen molar-refractivity contribution < 1.29 is 14.3 Å². The molecule has 1 heterocycles. The summed E-state index contributed by atoms with van der Waals surface area (Å²) in [6.07, 6.45) is 1.44. The minimum atomic E-state index is -0.677. The third-order valence-corrected chi connectivity index (χ3v) is 2.66. The summed E-state index contributed by atoms with van der Waals surface area (Å²) in [7, 11) is 0. The van der Waals surface area contributed by atoms with E-state index in [1.165, 1.54) is 4.90 Å². The smallest absolute Gasteiger partial charge is 0.242 e. The second kappa shape index (κ2) is 5.81. The first-order valence-corrected chi connectivity index (χ1v) is 5.51. The first-order valence-electron chi connectivity index (χ1n) is 5.51. The fourth-order valence-electron chi connectivity index (χ4n) is 1.75. The molecule has 1 saturated heterocycles. The molecule has 6 heteroatoms. The number of ether oxygens (including phenoxy) is 1. The molecule has 2 amide bonds. The van der Waals surface area contributed by atoms with E-state index in [1.807, 2.05) is 6.92 Å². The van der Waals surface area contributed by atoms with Crippen LogP contribution in [0.5, 0.6) is 0 Å². The number of carbonyl (C=O) groups is 2. The van der Waals surface area contributed by atoms with Gasteiger partial charge in [-0.3, -0.25) is 9.59 Å². The zero-order valence-corrected chi connectivity index (χ0v) is 9.52. The number of morpholine rings is 1. The lowest BCUT2D eigenvalue weighted by Gasteiger charge is -2.35. The van der Waals surface area contributed by atoms with Gasteiger partial charge in [0.15, 0.2) is 0 Å². The largest absolute Gasteiger partial charge is 0.377 e. The summed E-state index contributed by atoms with van der Waals surface area (Å²) < 4.78 is 5.13. The number of nitrogens with two attached hydrogens (primary N) is 2. The Bertz CT molecular complexity index is 270. The molecule has 0 aromatic rings. The summed E-state index contributed by atoms with van der Waals surface area (Å²) >= 11 is 0. The van der Waals surface area contributed by atoms with E-state index in [4.69, 9.17) is 16.2 Å². The van der Waals surface area contributed by atoms with Gasteiger partial charge < -0.3 is 21.1 Å². The van der Waals surface area contributed by atoms with Crippen LogP contribution in [0.2, 0.25) is 0 Å². The molecule has 0 bridgehead atoms.